The van der Waals surface area contributed by atoms with Crippen LogP contribution in [0.25, 0.3) is 0 Å². The van der Waals surface area contributed by atoms with Gasteiger partial charge in [-0.15, -0.1) is 0 Å². The Morgan fingerprint density at radius 1 is 0.786 bits per heavy atom. The summed E-state index contributed by atoms with van der Waals surface area (Å²) in [6.07, 6.45) is 16.2. The molecule has 0 radical (unpaired) electrons. The van der Waals surface area contributed by atoms with Crippen molar-refractivity contribution in [3.8, 4) is 0 Å². The molecule has 2 nitrogen and oxygen atoms in total. The third-order valence-electron chi connectivity index (χ3n) is 6.14. The average Bonchev–Trinajstić information content (AvgIpc) is 2.72. The zero-order chi connectivity index (χ0) is 20.7. The van der Waals surface area contributed by atoms with E-state index >= 15 is 0 Å². The summed E-state index contributed by atoms with van der Waals surface area (Å²) in [5.74, 6) is -0.178. The van der Waals surface area contributed by atoms with Gasteiger partial charge in [-0.3, -0.25) is 0 Å². The molecule has 1 aromatic carbocycles. The second-order valence-electron chi connectivity index (χ2n) is 8.26. The van der Waals surface area contributed by atoms with Crippen LogP contribution in [0, 0.1) is 11.7 Å². The topological polar surface area (TPSA) is 18.5 Å². The van der Waals surface area contributed by atoms with Crippen LogP contribution in [0.2, 0.25) is 0 Å². The second kappa shape index (κ2) is 15.0. The van der Waals surface area contributed by atoms with Gasteiger partial charge in [-0.1, -0.05) is 76.8 Å². The number of unbranched alkanes of at least 4 members (excludes halogenated alkanes) is 8. The predicted molar refractivity (Wildman–Crippen MR) is 117 cm³/mol. The van der Waals surface area contributed by atoms with Gasteiger partial charge in [0, 0.05) is 20.1 Å². The summed E-state index contributed by atoms with van der Waals surface area (Å²) in [4.78, 5) is 0. The number of rotatable bonds is 17. The molecular formula is C25H43FO2. The molecule has 0 saturated heterocycles. The predicted octanol–water partition coefficient (Wildman–Crippen LogP) is 7.69. The summed E-state index contributed by atoms with van der Waals surface area (Å²) in [5, 5.41) is 0. The first-order valence-corrected chi connectivity index (χ1v) is 11.4. The smallest absolute Gasteiger partial charge is 0.167 e. The van der Waals surface area contributed by atoms with Crippen LogP contribution in [0.15, 0.2) is 24.3 Å². The zero-order valence-corrected chi connectivity index (χ0v) is 18.8. The lowest BCUT2D eigenvalue weighted by Crippen LogP contribution is -2.39. The summed E-state index contributed by atoms with van der Waals surface area (Å²) in [6.45, 7) is 4.35. The summed E-state index contributed by atoms with van der Waals surface area (Å²) in [5.41, 5.74) is 1.23. The van der Waals surface area contributed by atoms with Crippen LogP contribution in [0.3, 0.4) is 0 Å². The third kappa shape index (κ3) is 10.0. The van der Waals surface area contributed by atoms with Crippen LogP contribution >= 0.6 is 0 Å². The monoisotopic (exact) mass is 394 g/mol. The molecule has 3 heteroatoms. The van der Waals surface area contributed by atoms with Gasteiger partial charge in [-0.25, -0.2) is 4.39 Å². The van der Waals surface area contributed by atoms with E-state index < -0.39 is 5.79 Å². The van der Waals surface area contributed by atoms with Crippen molar-refractivity contribution >= 4 is 0 Å². The molecule has 0 aliphatic carbocycles. The maximum absolute atomic E-state index is 13.0. The molecule has 0 N–H and O–H groups in total. The first-order chi connectivity index (χ1) is 13.6. The Labute approximate surface area is 173 Å². The summed E-state index contributed by atoms with van der Waals surface area (Å²) >= 11 is 0. The normalized spacial score (nSPS) is 13.0. The maximum atomic E-state index is 13.0. The fourth-order valence-electron chi connectivity index (χ4n) is 3.98. The van der Waals surface area contributed by atoms with Crippen LogP contribution in [0.4, 0.5) is 4.39 Å². The van der Waals surface area contributed by atoms with Crippen LogP contribution in [0.1, 0.15) is 96.5 Å². The van der Waals surface area contributed by atoms with Gasteiger partial charge < -0.3 is 9.47 Å². The van der Waals surface area contributed by atoms with Crippen molar-refractivity contribution in [3.63, 3.8) is 0 Å². The lowest BCUT2D eigenvalue weighted by atomic mass is 9.87. The number of aryl methyl sites for hydroxylation is 1. The Balaban J connectivity index is 2.28. The van der Waals surface area contributed by atoms with Gasteiger partial charge >= 0.3 is 0 Å². The molecule has 0 fully saturated rings. The van der Waals surface area contributed by atoms with E-state index in [4.69, 9.17) is 9.47 Å². The molecule has 0 heterocycles. The second-order valence-corrected chi connectivity index (χ2v) is 8.26. The van der Waals surface area contributed by atoms with E-state index in [1.165, 1.54) is 76.2 Å². The van der Waals surface area contributed by atoms with Crippen molar-refractivity contribution in [3.05, 3.63) is 35.6 Å². The van der Waals surface area contributed by atoms with E-state index in [2.05, 4.69) is 13.8 Å². The largest absolute Gasteiger partial charge is 0.353 e. The summed E-state index contributed by atoms with van der Waals surface area (Å²) in [7, 11) is 3.53. The molecule has 0 bridgehead atoms. The molecule has 0 aromatic heterocycles. The summed E-state index contributed by atoms with van der Waals surface area (Å²) < 4.78 is 24.4. The highest BCUT2D eigenvalue weighted by atomic mass is 19.1. The quantitative estimate of drug-likeness (QED) is 0.199. The van der Waals surface area contributed by atoms with Crippen molar-refractivity contribution in [2.45, 2.75) is 103 Å². The number of hydrogen-bond donors (Lipinski definition) is 0. The fraction of sp³-hybridized carbons (Fsp3) is 0.760. The molecular weight excluding hydrogens is 351 g/mol. The van der Waals surface area contributed by atoms with Crippen LogP contribution in [-0.2, 0) is 15.9 Å². The van der Waals surface area contributed by atoms with E-state index in [1.54, 1.807) is 26.4 Å². The van der Waals surface area contributed by atoms with Crippen LogP contribution in [0.5, 0.6) is 0 Å². The van der Waals surface area contributed by atoms with Gasteiger partial charge in [0.15, 0.2) is 5.79 Å². The SMILES string of the molecule is CCCCCCCCC(CCCCCCc1ccc(F)cc1)C(C)(OC)OC. The molecule has 1 atom stereocenters. The molecule has 0 aliphatic heterocycles. The summed E-state index contributed by atoms with van der Waals surface area (Å²) in [6, 6.07) is 6.90. The maximum Gasteiger partial charge on any atom is 0.167 e. The number of benzene rings is 1. The van der Waals surface area contributed by atoms with E-state index in [9.17, 15) is 4.39 Å². The molecule has 0 saturated carbocycles. The van der Waals surface area contributed by atoms with Gasteiger partial charge in [0.1, 0.15) is 5.82 Å². The highest BCUT2D eigenvalue weighted by molar-refractivity contribution is 5.15. The number of halogens is 1. The van der Waals surface area contributed by atoms with Crippen molar-refractivity contribution in [1.82, 2.24) is 0 Å². The van der Waals surface area contributed by atoms with Gasteiger partial charge in [-0.2, -0.15) is 0 Å². The first kappa shape index (κ1) is 25.1. The first-order valence-electron chi connectivity index (χ1n) is 11.4. The number of methoxy groups -OCH3 is 2. The molecule has 1 aromatic rings. The van der Waals surface area contributed by atoms with E-state index in [0.717, 1.165) is 12.8 Å². The van der Waals surface area contributed by atoms with Gasteiger partial charge in [0.05, 0.1) is 0 Å². The van der Waals surface area contributed by atoms with Crippen molar-refractivity contribution in [2.24, 2.45) is 5.92 Å². The fourth-order valence-corrected chi connectivity index (χ4v) is 3.98. The van der Waals surface area contributed by atoms with Gasteiger partial charge in [0.2, 0.25) is 0 Å². The average molecular weight is 395 g/mol. The minimum atomic E-state index is -0.475. The van der Waals surface area contributed by atoms with E-state index in [-0.39, 0.29) is 5.82 Å². The Hall–Kier alpha value is -0.930. The van der Waals surface area contributed by atoms with E-state index in [0.29, 0.717) is 5.92 Å². The molecule has 1 unspecified atom stereocenters. The Bertz CT molecular complexity index is 482. The minimum absolute atomic E-state index is 0.153. The molecule has 0 amide bonds. The molecule has 28 heavy (non-hydrogen) atoms. The van der Waals surface area contributed by atoms with Gasteiger partial charge in [-0.05, 0) is 50.3 Å². The molecule has 0 aliphatic rings. The third-order valence-corrected chi connectivity index (χ3v) is 6.14. The highest BCUT2D eigenvalue weighted by Crippen LogP contribution is 2.32. The van der Waals surface area contributed by atoms with Crippen LogP contribution in [-0.4, -0.2) is 20.0 Å². The van der Waals surface area contributed by atoms with E-state index in [1.807, 2.05) is 12.1 Å². The lowest BCUT2D eigenvalue weighted by molar-refractivity contribution is -0.230. The standard InChI is InChI=1S/C25H43FO2/c1-5-6-7-8-9-13-16-23(25(2,27-3)28-4)17-14-11-10-12-15-22-18-20-24(26)21-19-22/h18-21,23H,5-17H2,1-4H3. The highest BCUT2D eigenvalue weighted by Gasteiger charge is 2.33. The number of hydrogen-bond acceptors (Lipinski definition) is 2. The molecule has 1 rings (SSSR count). The Kier molecular flexibility index (Phi) is 13.4. The molecule has 162 valence electrons. The molecule has 0 spiro atoms. The lowest BCUT2D eigenvalue weighted by Gasteiger charge is -2.35. The number of ether oxygens (including phenoxy) is 2. The Morgan fingerprint density at radius 3 is 1.82 bits per heavy atom. The zero-order valence-electron chi connectivity index (χ0n) is 18.8. The minimum Gasteiger partial charge on any atom is -0.353 e. The van der Waals surface area contributed by atoms with Crippen molar-refractivity contribution in [1.29, 1.82) is 0 Å². The Morgan fingerprint density at radius 2 is 1.29 bits per heavy atom. The van der Waals surface area contributed by atoms with Crippen molar-refractivity contribution in [2.75, 3.05) is 14.2 Å². The van der Waals surface area contributed by atoms with Crippen molar-refractivity contribution < 1.29 is 13.9 Å². The van der Waals surface area contributed by atoms with Crippen LogP contribution < -0.4 is 0 Å². The van der Waals surface area contributed by atoms with Gasteiger partial charge in [0.25, 0.3) is 0 Å².